The van der Waals surface area contributed by atoms with Gasteiger partial charge in [0.05, 0.1) is 105 Å². The van der Waals surface area contributed by atoms with E-state index in [0.29, 0.717) is 0 Å². The average Bonchev–Trinajstić information content (AvgIpc) is 3.10. The highest BCUT2D eigenvalue weighted by Crippen LogP contribution is 2.10. The Morgan fingerprint density at radius 3 is 0.298 bits per heavy atom. The molecule has 0 rings (SSSR count). The molecule has 0 atom stereocenters. The van der Waals surface area contributed by atoms with Crippen molar-refractivity contribution in [2.24, 2.45) is 0 Å². The Labute approximate surface area is 352 Å². The van der Waals surface area contributed by atoms with Gasteiger partial charge in [-0.15, -0.1) is 0 Å². The van der Waals surface area contributed by atoms with Crippen LogP contribution in [0.5, 0.6) is 0 Å². The highest BCUT2D eigenvalue weighted by atomic mass is 28.4. The van der Waals surface area contributed by atoms with E-state index in [2.05, 4.69) is 105 Å². The summed E-state index contributed by atoms with van der Waals surface area (Å²) in [5, 5.41) is 0. The zero-order valence-corrected chi connectivity index (χ0v) is 36.8. The number of rotatable bonds is 32. The van der Waals surface area contributed by atoms with E-state index in [9.17, 15) is 0 Å². The van der Waals surface area contributed by atoms with E-state index in [1.54, 1.807) is 0 Å². The van der Waals surface area contributed by atoms with Crippen molar-refractivity contribution in [3.8, 4) is 0 Å². The van der Waals surface area contributed by atoms with Gasteiger partial charge in [0.1, 0.15) is 0 Å². The van der Waals surface area contributed by atoms with Crippen molar-refractivity contribution in [3.63, 3.8) is 0 Å². The molecule has 8 nitrogen and oxygen atoms in total. The molecule has 0 saturated heterocycles. The normalized spacial score (nSPS) is 10.6. The second-order valence-electron chi connectivity index (χ2n) is 13.4. The van der Waals surface area contributed by atoms with Gasteiger partial charge in [-0.05, 0) is 97.2 Å². The quantitative estimate of drug-likeness (QED) is 0.0541. The van der Waals surface area contributed by atoms with Gasteiger partial charge >= 0.3 is 0 Å². The molecule has 0 unspecified atom stereocenters. The Hall–Kier alpha value is -4.26. The summed E-state index contributed by atoms with van der Waals surface area (Å²) in [7, 11) is -5.61. The minimum atomic E-state index is -5.61. The molecule has 0 bridgehead atoms. The molecule has 0 aliphatic rings. The van der Waals surface area contributed by atoms with Crippen molar-refractivity contribution >= 4 is 9.05 Å². The standard InChI is InChI=1S/4C12H20N.O4Si/c4*1-5-9-13(10-6-2,11-7-3)12-8-4;1-5(2,3)4/h4*5-8H,1-4,9-12H2;/q4*+1;-4. The van der Waals surface area contributed by atoms with Gasteiger partial charge in [-0.2, -0.15) is 0 Å². The molecule has 0 saturated carbocycles. The third-order valence-electron chi connectivity index (χ3n) is 8.26. The molecule has 0 aliphatic carbocycles. The summed E-state index contributed by atoms with van der Waals surface area (Å²) in [5.74, 6) is 0. The van der Waals surface area contributed by atoms with Gasteiger partial charge in [0.2, 0.25) is 0 Å². The number of nitrogens with zero attached hydrogens (tertiary/aromatic N) is 4. The van der Waals surface area contributed by atoms with Crippen molar-refractivity contribution in [3.05, 3.63) is 202 Å². The summed E-state index contributed by atoms with van der Waals surface area (Å²) >= 11 is 0. The van der Waals surface area contributed by atoms with E-state index in [0.717, 1.165) is 123 Å². The van der Waals surface area contributed by atoms with Crippen LogP contribution >= 0.6 is 0 Å². The highest BCUT2D eigenvalue weighted by Gasteiger charge is 2.23. The Bertz CT molecular complexity index is 867. The zero-order valence-electron chi connectivity index (χ0n) is 35.8. The van der Waals surface area contributed by atoms with Crippen molar-refractivity contribution < 1.29 is 37.1 Å². The number of quaternary nitrogens is 4. The van der Waals surface area contributed by atoms with E-state index in [4.69, 9.17) is 19.2 Å². The van der Waals surface area contributed by atoms with Crippen LogP contribution in [0.3, 0.4) is 0 Å². The Balaban J connectivity index is -0.000000202. The van der Waals surface area contributed by atoms with Gasteiger partial charge in [-0.3, -0.25) is 0 Å². The van der Waals surface area contributed by atoms with Crippen LogP contribution in [0, 0.1) is 0 Å². The van der Waals surface area contributed by atoms with Crippen molar-refractivity contribution in [1.82, 2.24) is 0 Å². The molecule has 57 heavy (non-hydrogen) atoms. The minimum Gasteiger partial charge on any atom is -0.894 e. The van der Waals surface area contributed by atoms with Crippen LogP contribution in [0.2, 0.25) is 0 Å². The SMILES string of the molecule is C=CC[N+](CC=C)(CC=C)CC=C.C=CC[N+](CC=C)(CC=C)CC=C.C=CC[N+](CC=C)(CC=C)CC=C.C=CC[N+](CC=C)(CC=C)CC=C.[O-][Si]([O-])([O-])[O-]. The minimum absolute atomic E-state index is 0.903. The first-order valence-electron chi connectivity index (χ1n) is 18.9. The summed E-state index contributed by atoms with van der Waals surface area (Å²) in [6.45, 7) is 75.3. The van der Waals surface area contributed by atoms with Gasteiger partial charge in [0.15, 0.2) is 0 Å². The topological polar surface area (TPSA) is 92.2 Å². The van der Waals surface area contributed by atoms with E-state index >= 15 is 0 Å². The van der Waals surface area contributed by atoms with Gasteiger partial charge in [0.25, 0.3) is 0 Å². The second kappa shape index (κ2) is 40.0. The van der Waals surface area contributed by atoms with Crippen molar-refractivity contribution in [2.45, 2.75) is 0 Å². The first-order valence-corrected chi connectivity index (χ1v) is 20.6. The van der Waals surface area contributed by atoms with Gasteiger partial charge in [-0.1, -0.05) is 105 Å². The second-order valence-corrected chi connectivity index (χ2v) is 14.4. The number of hydrogen-bond donors (Lipinski definition) is 0. The summed E-state index contributed by atoms with van der Waals surface area (Å²) in [4.78, 5) is 34.3. The maximum absolute atomic E-state index is 8.58. The molecular weight excluding hydrogens is 725 g/mol. The van der Waals surface area contributed by atoms with Crippen molar-refractivity contribution in [1.29, 1.82) is 0 Å². The summed E-state index contributed by atoms with van der Waals surface area (Å²) in [6.07, 6.45) is 31.1. The fraction of sp³-hybridized carbons (Fsp3) is 0.333. The Morgan fingerprint density at radius 2 is 0.263 bits per heavy atom. The first kappa shape index (κ1) is 61.9. The molecule has 0 heterocycles. The predicted octanol–water partition coefficient (Wildman–Crippen LogP) is 5.05. The lowest BCUT2D eigenvalue weighted by atomic mass is 10.3. The molecule has 0 spiro atoms. The maximum atomic E-state index is 8.58. The van der Waals surface area contributed by atoms with Crippen LogP contribution in [-0.2, 0) is 0 Å². The third-order valence-corrected chi connectivity index (χ3v) is 8.26. The lowest BCUT2D eigenvalue weighted by Crippen LogP contribution is -2.82. The van der Waals surface area contributed by atoms with E-state index in [-0.39, 0.29) is 0 Å². The van der Waals surface area contributed by atoms with E-state index in [1.807, 2.05) is 97.2 Å². The monoisotopic (exact) mass is 805 g/mol. The lowest BCUT2D eigenvalue weighted by Gasteiger charge is -2.67. The van der Waals surface area contributed by atoms with Crippen LogP contribution in [0.1, 0.15) is 0 Å². The van der Waals surface area contributed by atoms with Gasteiger partial charge in [-0.25, -0.2) is 0 Å². The molecule has 0 aromatic rings. The van der Waals surface area contributed by atoms with E-state index < -0.39 is 9.05 Å². The van der Waals surface area contributed by atoms with Crippen LogP contribution in [-0.4, -0.2) is 132 Å². The Morgan fingerprint density at radius 1 is 0.211 bits per heavy atom. The highest BCUT2D eigenvalue weighted by molar-refractivity contribution is 6.38. The zero-order chi connectivity index (χ0) is 45.1. The molecule has 0 amide bonds. The van der Waals surface area contributed by atoms with Crippen LogP contribution < -0.4 is 19.2 Å². The van der Waals surface area contributed by atoms with E-state index in [1.165, 1.54) is 0 Å². The van der Waals surface area contributed by atoms with Crippen molar-refractivity contribution in [2.75, 3.05) is 105 Å². The molecule has 320 valence electrons. The predicted molar refractivity (Wildman–Crippen MR) is 248 cm³/mol. The molecule has 0 fully saturated rings. The molecule has 0 aromatic carbocycles. The maximum Gasteiger partial charge on any atom is 0.0978 e. The molecule has 0 radical (unpaired) electrons. The fourth-order valence-electron chi connectivity index (χ4n) is 6.17. The van der Waals surface area contributed by atoms with Crippen LogP contribution in [0.15, 0.2) is 202 Å². The lowest BCUT2D eigenvalue weighted by molar-refractivity contribution is -0.906. The molecule has 0 N–H and O–H groups in total. The first-order chi connectivity index (χ1) is 27.0. The average molecular weight is 805 g/mol. The fourth-order valence-corrected chi connectivity index (χ4v) is 6.17. The molecular formula is C48H80N4O4Si. The summed E-state index contributed by atoms with van der Waals surface area (Å²) < 4.78 is 3.61. The number of hydrogen-bond acceptors (Lipinski definition) is 4. The molecule has 0 aromatic heterocycles. The molecule has 9 heteroatoms. The summed E-state index contributed by atoms with van der Waals surface area (Å²) in [5.41, 5.74) is 0. The smallest absolute Gasteiger partial charge is 0.0978 e. The van der Waals surface area contributed by atoms with Crippen LogP contribution in [0.4, 0.5) is 0 Å². The molecule has 0 aliphatic heterocycles. The largest absolute Gasteiger partial charge is 0.894 e. The summed E-state index contributed by atoms with van der Waals surface area (Å²) in [6, 6.07) is 0. The van der Waals surface area contributed by atoms with Gasteiger partial charge in [0, 0.05) is 0 Å². The third kappa shape index (κ3) is 35.9. The van der Waals surface area contributed by atoms with Crippen LogP contribution in [0.25, 0.3) is 0 Å². The van der Waals surface area contributed by atoms with Gasteiger partial charge < -0.3 is 46.2 Å². The Kier molecular flexibility index (Phi) is 43.4.